The van der Waals surface area contributed by atoms with Crippen LogP contribution in [0.5, 0.6) is 11.5 Å². The van der Waals surface area contributed by atoms with Gasteiger partial charge in [-0.25, -0.2) is 0 Å². The molecule has 0 atom stereocenters. The number of methoxy groups -OCH3 is 2. The van der Waals surface area contributed by atoms with Gasteiger partial charge in [-0.05, 0) is 37.3 Å². The minimum Gasteiger partial charge on any atom is -0.497 e. The number of piperidine rings is 1. The molecule has 1 saturated heterocycles. The van der Waals surface area contributed by atoms with Crippen LogP contribution in [0, 0.1) is 11.8 Å². The zero-order chi connectivity index (χ0) is 23.2. The van der Waals surface area contributed by atoms with E-state index in [1.807, 2.05) is 6.07 Å². The lowest BCUT2D eigenvalue weighted by atomic mass is 9.86. The fourth-order valence-electron chi connectivity index (χ4n) is 4.92. The molecule has 2 aromatic rings. The molecular weight excluding hydrogens is 420 g/mol. The normalized spacial score (nSPS) is 17.6. The van der Waals surface area contributed by atoms with E-state index in [0.29, 0.717) is 54.7 Å². The highest BCUT2D eigenvalue weighted by Crippen LogP contribution is 2.28. The molecule has 1 aromatic heterocycles. The van der Waals surface area contributed by atoms with E-state index in [1.165, 1.54) is 32.1 Å². The molecule has 2 amide bonds. The third-order valence-corrected chi connectivity index (χ3v) is 6.87. The minimum absolute atomic E-state index is 0.0270. The highest BCUT2D eigenvalue weighted by Gasteiger charge is 2.29. The first-order valence-electron chi connectivity index (χ1n) is 11.9. The Labute approximate surface area is 195 Å². The monoisotopic (exact) mass is 454 g/mol. The summed E-state index contributed by atoms with van der Waals surface area (Å²) in [4.78, 5) is 27.5. The smallest absolute Gasteiger partial charge is 0.254 e. The van der Waals surface area contributed by atoms with Crippen LogP contribution >= 0.6 is 0 Å². The number of amides is 2. The zero-order valence-electron chi connectivity index (χ0n) is 19.6. The van der Waals surface area contributed by atoms with Crippen LogP contribution in [0.4, 0.5) is 5.82 Å². The van der Waals surface area contributed by atoms with E-state index < -0.39 is 0 Å². The quantitative estimate of drug-likeness (QED) is 0.658. The van der Waals surface area contributed by atoms with Gasteiger partial charge in [-0.15, -0.1) is 0 Å². The SMILES string of the molecule is COc1cc(OC)cc(C(=O)N2CCC(C(=O)Nc3cc(CC4CCCCC4)[nH]n3)CC2)c1. The molecule has 178 valence electrons. The van der Waals surface area contributed by atoms with Gasteiger partial charge in [0, 0.05) is 42.4 Å². The van der Waals surface area contributed by atoms with E-state index in [4.69, 9.17) is 9.47 Å². The summed E-state index contributed by atoms with van der Waals surface area (Å²) in [5, 5.41) is 10.3. The topological polar surface area (TPSA) is 96.5 Å². The van der Waals surface area contributed by atoms with Crippen LogP contribution in [0.2, 0.25) is 0 Å². The van der Waals surface area contributed by atoms with Gasteiger partial charge in [0.1, 0.15) is 11.5 Å². The fourth-order valence-corrected chi connectivity index (χ4v) is 4.92. The maximum atomic E-state index is 13.0. The number of H-pyrrole nitrogens is 1. The first-order chi connectivity index (χ1) is 16.1. The summed E-state index contributed by atoms with van der Waals surface area (Å²) in [6.45, 7) is 1.06. The van der Waals surface area contributed by atoms with Crippen molar-refractivity contribution < 1.29 is 19.1 Å². The Morgan fingerprint density at radius 3 is 2.30 bits per heavy atom. The lowest BCUT2D eigenvalue weighted by molar-refractivity contribution is -0.121. The van der Waals surface area contributed by atoms with Crippen molar-refractivity contribution in [2.24, 2.45) is 11.8 Å². The predicted molar refractivity (Wildman–Crippen MR) is 126 cm³/mol. The van der Waals surface area contributed by atoms with E-state index >= 15 is 0 Å². The number of hydrogen-bond donors (Lipinski definition) is 2. The van der Waals surface area contributed by atoms with Crippen molar-refractivity contribution in [1.29, 1.82) is 0 Å². The summed E-state index contributed by atoms with van der Waals surface area (Å²) in [7, 11) is 3.12. The van der Waals surface area contributed by atoms with Crippen molar-refractivity contribution in [3.63, 3.8) is 0 Å². The van der Waals surface area contributed by atoms with Gasteiger partial charge in [-0.3, -0.25) is 14.7 Å². The molecule has 2 heterocycles. The lowest BCUT2D eigenvalue weighted by Gasteiger charge is -2.31. The summed E-state index contributed by atoms with van der Waals surface area (Å²) in [6.07, 6.45) is 8.78. The van der Waals surface area contributed by atoms with Gasteiger partial charge in [0.15, 0.2) is 5.82 Å². The molecule has 0 radical (unpaired) electrons. The van der Waals surface area contributed by atoms with Crippen molar-refractivity contribution in [3.05, 3.63) is 35.5 Å². The number of anilines is 1. The zero-order valence-corrected chi connectivity index (χ0v) is 19.6. The maximum absolute atomic E-state index is 13.0. The van der Waals surface area contributed by atoms with E-state index in [9.17, 15) is 9.59 Å². The highest BCUT2D eigenvalue weighted by atomic mass is 16.5. The molecule has 1 aliphatic carbocycles. The van der Waals surface area contributed by atoms with Crippen molar-refractivity contribution in [1.82, 2.24) is 15.1 Å². The van der Waals surface area contributed by atoms with Gasteiger partial charge in [-0.1, -0.05) is 32.1 Å². The molecule has 1 aliphatic heterocycles. The summed E-state index contributed by atoms with van der Waals surface area (Å²) in [5.41, 5.74) is 1.61. The van der Waals surface area contributed by atoms with E-state index in [0.717, 1.165) is 12.1 Å². The Balaban J connectivity index is 1.28. The number of benzene rings is 1. The predicted octanol–water partition coefficient (Wildman–Crippen LogP) is 4.04. The Kier molecular flexibility index (Phi) is 7.52. The van der Waals surface area contributed by atoms with Crippen molar-refractivity contribution in [2.45, 2.75) is 51.4 Å². The van der Waals surface area contributed by atoms with Crippen LogP contribution in [0.15, 0.2) is 24.3 Å². The minimum atomic E-state index is -0.132. The molecule has 8 heteroatoms. The van der Waals surface area contributed by atoms with E-state index in [-0.39, 0.29) is 17.7 Å². The Bertz CT molecular complexity index is 937. The van der Waals surface area contributed by atoms with Gasteiger partial charge in [0.05, 0.1) is 14.2 Å². The second-order valence-corrected chi connectivity index (χ2v) is 9.14. The number of aromatic amines is 1. The molecule has 0 spiro atoms. The molecule has 4 rings (SSSR count). The molecule has 33 heavy (non-hydrogen) atoms. The van der Waals surface area contributed by atoms with Gasteiger partial charge in [0.25, 0.3) is 5.91 Å². The molecule has 0 bridgehead atoms. The third-order valence-electron chi connectivity index (χ3n) is 6.87. The van der Waals surface area contributed by atoms with Crippen LogP contribution in [-0.2, 0) is 11.2 Å². The number of likely N-dealkylation sites (tertiary alicyclic amines) is 1. The van der Waals surface area contributed by atoms with Gasteiger partial charge in [0.2, 0.25) is 5.91 Å². The van der Waals surface area contributed by atoms with Crippen LogP contribution in [0.25, 0.3) is 0 Å². The third kappa shape index (κ3) is 5.86. The first-order valence-corrected chi connectivity index (χ1v) is 11.9. The number of nitrogens with one attached hydrogen (secondary N) is 2. The molecule has 1 aromatic carbocycles. The highest BCUT2D eigenvalue weighted by molar-refractivity contribution is 5.96. The number of aromatic nitrogens is 2. The van der Waals surface area contributed by atoms with Gasteiger partial charge in [-0.2, -0.15) is 5.10 Å². The van der Waals surface area contributed by atoms with E-state index in [1.54, 1.807) is 37.3 Å². The molecule has 2 fully saturated rings. The molecule has 2 N–H and O–H groups in total. The van der Waals surface area contributed by atoms with Gasteiger partial charge >= 0.3 is 0 Å². The van der Waals surface area contributed by atoms with Crippen LogP contribution in [-0.4, -0.2) is 54.2 Å². The number of nitrogens with zero attached hydrogens (tertiary/aromatic N) is 2. The van der Waals surface area contributed by atoms with Crippen LogP contribution in [0.1, 0.15) is 61.0 Å². The molecular formula is C25H34N4O4. The summed E-state index contributed by atoms with van der Waals surface area (Å²) < 4.78 is 10.5. The molecule has 1 saturated carbocycles. The van der Waals surface area contributed by atoms with Crippen molar-refractivity contribution in [2.75, 3.05) is 32.6 Å². The Hall–Kier alpha value is -3.03. The number of carbonyl (C=O) groups is 2. The van der Waals surface area contributed by atoms with Gasteiger partial charge < -0.3 is 19.7 Å². The summed E-state index contributed by atoms with van der Waals surface area (Å²) in [5.74, 6) is 2.23. The lowest BCUT2D eigenvalue weighted by Crippen LogP contribution is -2.41. The first kappa shape index (κ1) is 23.1. The number of hydrogen-bond acceptors (Lipinski definition) is 5. The fraction of sp³-hybridized carbons (Fsp3) is 0.560. The van der Waals surface area contributed by atoms with Crippen molar-refractivity contribution >= 4 is 17.6 Å². The Morgan fingerprint density at radius 2 is 1.67 bits per heavy atom. The number of ether oxygens (including phenoxy) is 2. The standard InChI is InChI=1S/C25H34N4O4/c1-32-21-13-19(14-22(16-21)33-2)25(31)29-10-8-18(9-11-29)24(30)26-23-15-20(27-28-23)12-17-6-4-3-5-7-17/h13-18H,3-12H2,1-2H3,(H2,26,27,28,30). The average molecular weight is 455 g/mol. The number of carbonyl (C=O) groups excluding carboxylic acids is 2. The second-order valence-electron chi connectivity index (χ2n) is 9.14. The van der Waals surface area contributed by atoms with Crippen molar-refractivity contribution in [3.8, 4) is 11.5 Å². The average Bonchev–Trinajstić information content (AvgIpc) is 3.30. The summed E-state index contributed by atoms with van der Waals surface area (Å²) in [6, 6.07) is 7.13. The molecule has 0 unspecified atom stereocenters. The molecule has 2 aliphatic rings. The largest absolute Gasteiger partial charge is 0.497 e. The van der Waals surface area contributed by atoms with Crippen LogP contribution in [0.3, 0.4) is 0 Å². The second kappa shape index (κ2) is 10.7. The number of rotatable bonds is 7. The summed E-state index contributed by atoms with van der Waals surface area (Å²) >= 11 is 0. The Morgan fingerprint density at radius 1 is 1.00 bits per heavy atom. The maximum Gasteiger partial charge on any atom is 0.254 e. The van der Waals surface area contributed by atoms with Crippen LogP contribution < -0.4 is 14.8 Å². The molecule has 8 nitrogen and oxygen atoms in total. The van der Waals surface area contributed by atoms with E-state index in [2.05, 4.69) is 15.5 Å².